The molecule has 2 aliphatic carbocycles. The lowest BCUT2D eigenvalue weighted by Gasteiger charge is -2.31. The fourth-order valence-corrected chi connectivity index (χ4v) is 4.24. The molecular formula is C20H31ClN4O2. The average Bonchev–Trinajstić information content (AvgIpc) is 3.31. The van der Waals surface area contributed by atoms with E-state index in [1.54, 1.807) is 0 Å². The van der Waals surface area contributed by atoms with E-state index in [2.05, 4.69) is 16.0 Å². The van der Waals surface area contributed by atoms with E-state index in [1.165, 1.54) is 0 Å². The van der Waals surface area contributed by atoms with Crippen molar-refractivity contribution in [1.29, 1.82) is 0 Å². The number of hydrogen-bond acceptors (Lipinski definition) is 3. The lowest BCUT2D eigenvalue weighted by atomic mass is 9.94. The van der Waals surface area contributed by atoms with Gasteiger partial charge in [0.1, 0.15) is 5.54 Å². The van der Waals surface area contributed by atoms with Gasteiger partial charge in [0.15, 0.2) is 0 Å². The van der Waals surface area contributed by atoms with E-state index in [0.29, 0.717) is 31.8 Å². The Morgan fingerprint density at radius 2 is 1.78 bits per heavy atom. The summed E-state index contributed by atoms with van der Waals surface area (Å²) in [6, 6.07) is 9.61. The molecule has 0 radical (unpaired) electrons. The molecule has 6 nitrogen and oxygen atoms in total. The van der Waals surface area contributed by atoms with Crippen LogP contribution in [0, 0.1) is 5.92 Å². The van der Waals surface area contributed by atoms with E-state index in [4.69, 9.17) is 5.73 Å². The smallest absolute Gasteiger partial charge is 0.315 e. The number of benzene rings is 1. The first-order valence-electron chi connectivity index (χ1n) is 9.74. The summed E-state index contributed by atoms with van der Waals surface area (Å²) in [6.07, 6.45) is 6.44. The fraction of sp³-hybridized carbons (Fsp3) is 0.600. The number of carbonyl (C=O) groups is 2. The van der Waals surface area contributed by atoms with E-state index in [1.807, 2.05) is 30.3 Å². The first-order valence-corrected chi connectivity index (χ1v) is 9.74. The third-order valence-corrected chi connectivity index (χ3v) is 5.82. The summed E-state index contributed by atoms with van der Waals surface area (Å²) in [5.41, 5.74) is 6.07. The minimum Gasteiger partial charge on any atom is -0.351 e. The number of nitrogens with one attached hydrogen (secondary N) is 3. The third kappa shape index (κ3) is 5.36. The van der Waals surface area contributed by atoms with Crippen LogP contribution in [0.4, 0.5) is 4.79 Å². The van der Waals surface area contributed by atoms with E-state index >= 15 is 0 Å². The van der Waals surface area contributed by atoms with Gasteiger partial charge in [0.2, 0.25) is 5.91 Å². The lowest BCUT2D eigenvalue weighted by Crippen LogP contribution is -2.61. The highest BCUT2D eigenvalue weighted by atomic mass is 35.5. The van der Waals surface area contributed by atoms with Crippen LogP contribution in [0.1, 0.15) is 50.5 Å². The molecule has 1 aromatic carbocycles. The van der Waals surface area contributed by atoms with Crippen molar-refractivity contribution in [3.05, 3.63) is 35.9 Å². The maximum absolute atomic E-state index is 13.0. The van der Waals surface area contributed by atoms with Gasteiger partial charge in [-0.3, -0.25) is 4.79 Å². The summed E-state index contributed by atoms with van der Waals surface area (Å²) in [7, 11) is 0. The molecule has 2 atom stereocenters. The summed E-state index contributed by atoms with van der Waals surface area (Å²) in [5, 5.41) is 9.03. The Bertz CT molecular complexity index is 620. The van der Waals surface area contributed by atoms with E-state index in [9.17, 15) is 9.59 Å². The Morgan fingerprint density at radius 3 is 2.44 bits per heavy atom. The quantitative estimate of drug-likeness (QED) is 0.596. The summed E-state index contributed by atoms with van der Waals surface area (Å²) in [5.74, 6) is 0.305. The molecule has 0 aromatic heterocycles. The molecule has 3 rings (SSSR count). The number of nitrogens with two attached hydrogens (primary N) is 1. The summed E-state index contributed by atoms with van der Waals surface area (Å²) < 4.78 is 0. The molecule has 2 saturated carbocycles. The van der Waals surface area contributed by atoms with Crippen molar-refractivity contribution in [2.24, 2.45) is 11.7 Å². The van der Waals surface area contributed by atoms with Crippen molar-refractivity contribution in [2.75, 3.05) is 6.54 Å². The van der Waals surface area contributed by atoms with Gasteiger partial charge in [-0.1, -0.05) is 49.6 Å². The number of amides is 3. The van der Waals surface area contributed by atoms with Crippen LogP contribution in [0.2, 0.25) is 0 Å². The van der Waals surface area contributed by atoms with Crippen LogP contribution in [0.3, 0.4) is 0 Å². The molecule has 0 bridgehead atoms. The first-order chi connectivity index (χ1) is 12.6. The molecule has 0 saturated heterocycles. The van der Waals surface area contributed by atoms with Crippen LogP contribution in [0.25, 0.3) is 0 Å². The van der Waals surface area contributed by atoms with Crippen molar-refractivity contribution in [2.45, 2.75) is 63.1 Å². The first kappa shape index (κ1) is 21.5. The average molecular weight is 395 g/mol. The highest BCUT2D eigenvalue weighted by Crippen LogP contribution is 2.31. The predicted octanol–water partition coefficient (Wildman–Crippen LogP) is 2.46. The molecule has 5 N–H and O–H groups in total. The van der Waals surface area contributed by atoms with Crippen LogP contribution in [-0.4, -0.2) is 30.1 Å². The second-order valence-electron chi connectivity index (χ2n) is 7.59. The van der Waals surface area contributed by atoms with Gasteiger partial charge in [0, 0.05) is 12.6 Å². The topological polar surface area (TPSA) is 96.2 Å². The molecule has 3 amide bonds. The van der Waals surface area contributed by atoms with Gasteiger partial charge in [-0.2, -0.15) is 0 Å². The molecule has 0 heterocycles. The Balaban J connectivity index is 0.00000261. The summed E-state index contributed by atoms with van der Waals surface area (Å²) in [6.45, 7) is 1.05. The number of halogens is 1. The van der Waals surface area contributed by atoms with Crippen molar-refractivity contribution < 1.29 is 9.59 Å². The van der Waals surface area contributed by atoms with Crippen LogP contribution in [0.15, 0.2) is 30.3 Å². The zero-order valence-electron chi connectivity index (χ0n) is 15.7. The normalized spacial score (nSPS) is 23.3. The summed E-state index contributed by atoms with van der Waals surface area (Å²) in [4.78, 5) is 25.4. The molecule has 27 heavy (non-hydrogen) atoms. The molecule has 0 aliphatic heterocycles. The maximum Gasteiger partial charge on any atom is 0.315 e. The minimum atomic E-state index is -0.789. The highest BCUT2D eigenvalue weighted by Gasteiger charge is 2.44. The SMILES string of the molecule is Cl.NCC1CCCC1NC(=O)C1(NC(=O)NCc2ccccc2)CCCC1. The van der Waals surface area contributed by atoms with E-state index in [0.717, 1.165) is 37.7 Å². The maximum atomic E-state index is 13.0. The van der Waals surface area contributed by atoms with Gasteiger partial charge in [0.25, 0.3) is 0 Å². The Kier molecular flexibility index (Phi) is 7.92. The van der Waals surface area contributed by atoms with Crippen LogP contribution in [-0.2, 0) is 11.3 Å². The van der Waals surface area contributed by atoms with Gasteiger partial charge in [-0.25, -0.2) is 4.79 Å². The Hall–Kier alpha value is -1.79. The standard InChI is InChI=1S/C20H30N4O2.ClH/c21-13-16-9-6-10-17(16)23-18(25)20(11-4-5-12-20)24-19(26)22-14-15-7-2-1-3-8-15;/h1-3,7-8,16-17H,4-6,9-14,21H2,(H,23,25)(H2,22,24,26);1H. The molecule has 2 unspecified atom stereocenters. The highest BCUT2D eigenvalue weighted by molar-refractivity contribution is 5.91. The zero-order chi connectivity index (χ0) is 18.4. The number of rotatable bonds is 6. The Morgan fingerprint density at radius 1 is 1.07 bits per heavy atom. The van der Waals surface area contributed by atoms with Crippen molar-refractivity contribution in [1.82, 2.24) is 16.0 Å². The molecule has 2 fully saturated rings. The number of urea groups is 1. The second-order valence-corrected chi connectivity index (χ2v) is 7.59. The second kappa shape index (κ2) is 9.95. The third-order valence-electron chi connectivity index (χ3n) is 5.82. The zero-order valence-corrected chi connectivity index (χ0v) is 16.5. The van der Waals surface area contributed by atoms with Crippen molar-refractivity contribution in [3.63, 3.8) is 0 Å². The van der Waals surface area contributed by atoms with Crippen LogP contribution >= 0.6 is 12.4 Å². The molecule has 0 spiro atoms. The van der Waals surface area contributed by atoms with E-state index in [-0.39, 0.29) is 30.4 Å². The Labute approximate surface area is 167 Å². The van der Waals surface area contributed by atoms with Crippen molar-refractivity contribution >= 4 is 24.3 Å². The molecule has 7 heteroatoms. The molecule has 1 aromatic rings. The summed E-state index contributed by atoms with van der Waals surface area (Å²) >= 11 is 0. The largest absolute Gasteiger partial charge is 0.351 e. The van der Waals surface area contributed by atoms with Gasteiger partial charge < -0.3 is 21.7 Å². The number of carbonyl (C=O) groups excluding carboxylic acids is 2. The molecule has 2 aliphatic rings. The van der Waals surface area contributed by atoms with Crippen LogP contribution < -0.4 is 21.7 Å². The van der Waals surface area contributed by atoms with Gasteiger partial charge in [-0.15, -0.1) is 12.4 Å². The lowest BCUT2D eigenvalue weighted by molar-refractivity contribution is -0.128. The number of hydrogen-bond donors (Lipinski definition) is 4. The molecular weight excluding hydrogens is 364 g/mol. The molecule has 150 valence electrons. The fourth-order valence-electron chi connectivity index (χ4n) is 4.24. The van der Waals surface area contributed by atoms with Crippen LogP contribution in [0.5, 0.6) is 0 Å². The monoisotopic (exact) mass is 394 g/mol. The van der Waals surface area contributed by atoms with Gasteiger partial charge in [0.05, 0.1) is 0 Å². The predicted molar refractivity (Wildman–Crippen MR) is 109 cm³/mol. The minimum absolute atomic E-state index is 0. The van der Waals surface area contributed by atoms with E-state index < -0.39 is 5.54 Å². The van der Waals surface area contributed by atoms with Gasteiger partial charge in [-0.05, 0) is 43.7 Å². The van der Waals surface area contributed by atoms with Crippen molar-refractivity contribution in [3.8, 4) is 0 Å². The van der Waals surface area contributed by atoms with Gasteiger partial charge >= 0.3 is 6.03 Å².